The Morgan fingerprint density at radius 2 is 2.00 bits per heavy atom. The monoisotopic (exact) mass is 271 g/mol. The Labute approximate surface area is 122 Å². The van der Waals surface area contributed by atoms with E-state index in [0.717, 1.165) is 25.0 Å². The molecule has 3 atom stereocenters. The summed E-state index contributed by atoms with van der Waals surface area (Å²) < 4.78 is 6.14. The van der Waals surface area contributed by atoms with Gasteiger partial charge in [0.25, 0.3) is 0 Å². The molecule has 1 aliphatic rings. The SMILES string of the molecule is Cc1cccc(OC2CC(C(C)(C)C)CCC2C#N)c1. The summed E-state index contributed by atoms with van der Waals surface area (Å²) in [6.07, 6.45) is 3.10. The molecule has 2 rings (SSSR count). The van der Waals surface area contributed by atoms with Crippen molar-refractivity contribution in [1.82, 2.24) is 0 Å². The molecule has 2 nitrogen and oxygen atoms in total. The van der Waals surface area contributed by atoms with E-state index in [9.17, 15) is 5.26 Å². The highest BCUT2D eigenvalue weighted by atomic mass is 16.5. The Morgan fingerprint density at radius 3 is 2.60 bits per heavy atom. The third kappa shape index (κ3) is 3.54. The molecule has 0 aromatic heterocycles. The molecule has 0 bridgehead atoms. The summed E-state index contributed by atoms with van der Waals surface area (Å²) in [4.78, 5) is 0. The normalized spacial score (nSPS) is 26.9. The standard InChI is InChI=1S/C18H25NO/c1-13-6-5-7-16(10-13)20-17-11-15(18(2,3)4)9-8-14(17)12-19/h5-7,10,14-15,17H,8-9,11H2,1-4H3. The second kappa shape index (κ2) is 5.87. The maximum atomic E-state index is 9.35. The summed E-state index contributed by atoms with van der Waals surface area (Å²) in [5, 5.41) is 9.35. The van der Waals surface area contributed by atoms with E-state index in [1.54, 1.807) is 0 Å². The molecule has 108 valence electrons. The van der Waals surface area contributed by atoms with Gasteiger partial charge in [-0.25, -0.2) is 0 Å². The molecule has 3 unspecified atom stereocenters. The van der Waals surface area contributed by atoms with Gasteiger partial charge in [0.05, 0.1) is 12.0 Å². The summed E-state index contributed by atoms with van der Waals surface area (Å²) in [7, 11) is 0. The first-order valence-electron chi connectivity index (χ1n) is 7.53. The van der Waals surface area contributed by atoms with E-state index < -0.39 is 0 Å². The lowest BCUT2D eigenvalue weighted by Gasteiger charge is -2.39. The highest BCUT2D eigenvalue weighted by Crippen LogP contribution is 2.41. The van der Waals surface area contributed by atoms with Crippen LogP contribution in [0.4, 0.5) is 0 Å². The van der Waals surface area contributed by atoms with Crippen LogP contribution in [0.3, 0.4) is 0 Å². The Balaban J connectivity index is 2.12. The van der Waals surface area contributed by atoms with Crippen molar-refractivity contribution in [3.8, 4) is 11.8 Å². The molecule has 0 radical (unpaired) electrons. The minimum absolute atomic E-state index is 0.0223. The molecule has 1 saturated carbocycles. The van der Waals surface area contributed by atoms with Gasteiger partial charge in [0, 0.05) is 0 Å². The number of hydrogen-bond donors (Lipinski definition) is 0. The molecular weight excluding hydrogens is 246 g/mol. The fraction of sp³-hybridized carbons (Fsp3) is 0.611. The first kappa shape index (κ1) is 14.9. The smallest absolute Gasteiger partial charge is 0.120 e. The lowest BCUT2D eigenvalue weighted by Crippen LogP contribution is -2.37. The van der Waals surface area contributed by atoms with Crippen LogP contribution >= 0.6 is 0 Å². The molecule has 1 aliphatic carbocycles. The zero-order valence-corrected chi connectivity index (χ0v) is 13.0. The Kier molecular flexibility index (Phi) is 4.38. The molecule has 1 fully saturated rings. The summed E-state index contributed by atoms with van der Waals surface area (Å²) >= 11 is 0. The Hall–Kier alpha value is -1.49. The minimum Gasteiger partial charge on any atom is -0.489 e. The van der Waals surface area contributed by atoms with Gasteiger partial charge in [-0.15, -0.1) is 0 Å². The lowest BCUT2D eigenvalue weighted by atomic mass is 9.69. The van der Waals surface area contributed by atoms with Gasteiger partial charge >= 0.3 is 0 Å². The van der Waals surface area contributed by atoms with Gasteiger partial charge in [-0.1, -0.05) is 32.9 Å². The summed E-state index contributed by atoms with van der Waals surface area (Å²) in [6.45, 7) is 8.92. The predicted octanol–water partition coefficient (Wildman–Crippen LogP) is 4.73. The summed E-state index contributed by atoms with van der Waals surface area (Å²) in [6, 6.07) is 10.5. The molecule has 0 aliphatic heterocycles. The van der Waals surface area contributed by atoms with Crippen molar-refractivity contribution in [2.75, 3.05) is 0 Å². The summed E-state index contributed by atoms with van der Waals surface area (Å²) in [5.74, 6) is 1.54. The van der Waals surface area contributed by atoms with Crippen LogP contribution in [0.25, 0.3) is 0 Å². The van der Waals surface area contributed by atoms with Crippen molar-refractivity contribution >= 4 is 0 Å². The first-order valence-corrected chi connectivity index (χ1v) is 7.53. The fourth-order valence-electron chi connectivity index (χ4n) is 3.06. The maximum Gasteiger partial charge on any atom is 0.120 e. The first-order chi connectivity index (χ1) is 9.40. The van der Waals surface area contributed by atoms with Gasteiger partial charge < -0.3 is 4.74 Å². The number of nitriles is 1. The van der Waals surface area contributed by atoms with E-state index in [1.165, 1.54) is 5.56 Å². The largest absolute Gasteiger partial charge is 0.489 e. The van der Waals surface area contributed by atoms with Crippen LogP contribution in [-0.2, 0) is 0 Å². The van der Waals surface area contributed by atoms with Crippen molar-refractivity contribution in [3.63, 3.8) is 0 Å². The Morgan fingerprint density at radius 1 is 1.25 bits per heavy atom. The highest BCUT2D eigenvalue weighted by Gasteiger charge is 2.37. The van der Waals surface area contributed by atoms with Crippen LogP contribution in [0.1, 0.15) is 45.6 Å². The number of benzene rings is 1. The predicted molar refractivity (Wildman–Crippen MR) is 81.5 cm³/mol. The number of nitrogens with zero attached hydrogens (tertiary/aromatic N) is 1. The number of hydrogen-bond acceptors (Lipinski definition) is 2. The van der Waals surface area contributed by atoms with Gasteiger partial charge in [0.2, 0.25) is 0 Å². The molecule has 1 aromatic rings. The van der Waals surface area contributed by atoms with E-state index in [0.29, 0.717) is 5.92 Å². The van der Waals surface area contributed by atoms with Crippen LogP contribution in [0.2, 0.25) is 0 Å². The van der Waals surface area contributed by atoms with Gasteiger partial charge in [-0.2, -0.15) is 5.26 Å². The molecule has 0 heterocycles. The van der Waals surface area contributed by atoms with E-state index in [2.05, 4.69) is 45.9 Å². The minimum atomic E-state index is 0.0223. The fourth-order valence-corrected chi connectivity index (χ4v) is 3.06. The molecule has 0 amide bonds. The van der Waals surface area contributed by atoms with Crippen molar-refractivity contribution in [2.45, 2.75) is 53.1 Å². The number of rotatable bonds is 2. The van der Waals surface area contributed by atoms with Crippen molar-refractivity contribution < 1.29 is 4.74 Å². The quantitative estimate of drug-likeness (QED) is 0.779. The molecule has 0 saturated heterocycles. The van der Waals surface area contributed by atoms with Gasteiger partial charge in [-0.3, -0.25) is 0 Å². The molecule has 0 spiro atoms. The van der Waals surface area contributed by atoms with Crippen LogP contribution in [0, 0.1) is 35.5 Å². The van der Waals surface area contributed by atoms with Crippen LogP contribution in [-0.4, -0.2) is 6.10 Å². The molecule has 1 aromatic carbocycles. The van der Waals surface area contributed by atoms with Gasteiger partial charge in [-0.05, 0) is 55.2 Å². The van der Waals surface area contributed by atoms with Crippen molar-refractivity contribution in [2.24, 2.45) is 17.3 Å². The highest BCUT2D eigenvalue weighted by molar-refractivity contribution is 5.27. The zero-order chi connectivity index (χ0) is 14.8. The van der Waals surface area contributed by atoms with Crippen LogP contribution < -0.4 is 4.74 Å². The van der Waals surface area contributed by atoms with E-state index in [-0.39, 0.29) is 17.4 Å². The van der Waals surface area contributed by atoms with Crippen molar-refractivity contribution in [1.29, 1.82) is 5.26 Å². The van der Waals surface area contributed by atoms with E-state index in [4.69, 9.17) is 4.74 Å². The number of aryl methyl sites for hydroxylation is 1. The van der Waals surface area contributed by atoms with E-state index in [1.807, 2.05) is 12.1 Å². The molecule has 2 heteroatoms. The van der Waals surface area contributed by atoms with Crippen LogP contribution in [0.5, 0.6) is 5.75 Å². The van der Waals surface area contributed by atoms with E-state index >= 15 is 0 Å². The second-order valence-electron chi connectivity index (χ2n) is 7.08. The summed E-state index contributed by atoms with van der Waals surface area (Å²) in [5.41, 5.74) is 1.48. The molecule has 20 heavy (non-hydrogen) atoms. The van der Waals surface area contributed by atoms with Gasteiger partial charge in [0.1, 0.15) is 11.9 Å². The van der Waals surface area contributed by atoms with Crippen molar-refractivity contribution in [3.05, 3.63) is 29.8 Å². The molecule has 0 N–H and O–H groups in total. The number of ether oxygens (including phenoxy) is 1. The second-order valence-corrected chi connectivity index (χ2v) is 7.08. The Bertz CT molecular complexity index is 495. The van der Waals surface area contributed by atoms with Gasteiger partial charge in [0.15, 0.2) is 0 Å². The average molecular weight is 271 g/mol. The lowest BCUT2D eigenvalue weighted by molar-refractivity contribution is 0.0493. The average Bonchev–Trinajstić information content (AvgIpc) is 2.37. The third-order valence-corrected chi connectivity index (χ3v) is 4.46. The zero-order valence-electron chi connectivity index (χ0n) is 13.0. The van der Waals surface area contributed by atoms with Crippen LogP contribution in [0.15, 0.2) is 24.3 Å². The maximum absolute atomic E-state index is 9.35. The topological polar surface area (TPSA) is 33.0 Å². The third-order valence-electron chi connectivity index (χ3n) is 4.46. The molecular formula is C18H25NO.